The Hall–Kier alpha value is -1.80. The molecule has 106 valence electrons. The quantitative estimate of drug-likeness (QED) is 0.490. The van der Waals surface area contributed by atoms with Crippen molar-refractivity contribution in [3.05, 3.63) is 37.2 Å². The van der Waals surface area contributed by atoms with Crippen molar-refractivity contribution in [1.29, 1.82) is 0 Å². The first-order valence-corrected chi connectivity index (χ1v) is 6.94. The summed E-state index contributed by atoms with van der Waals surface area (Å²) in [5.74, 6) is 0.209. The van der Waals surface area contributed by atoms with Crippen LogP contribution in [0.1, 0.15) is 16.3 Å². The highest BCUT2D eigenvalue weighted by atomic mass is 35.5. The lowest BCUT2D eigenvalue weighted by molar-refractivity contribution is -0.385. The molecule has 0 fully saturated rings. The summed E-state index contributed by atoms with van der Waals surface area (Å²) in [4.78, 5) is 25.4. The van der Waals surface area contributed by atoms with Crippen molar-refractivity contribution in [3.63, 3.8) is 0 Å². The van der Waals surface area contributed by atoms with Gasteiger partial charge in [0, 0.05) is 11.9 Å². The monoisotopic (exact) mass is 313 g/mol. The number of halogens is 1. The van der Waals surface area contributed by atoms with Crippen LogP contribution in [0.15, 0.2) is 5.51 Å². The second kappa shape index (κ2) is 5.68. The van der Waals surface area contributed by atoms with Gasteiger partial charge < -0.3 is 4.90 Å². The number of hydrogen-bond donors (Lipinski definition) is 0. The van der Waals surface area contributed by atoms with Crippen LogP contribution in [0, 0.1) is 24.0 Å². The van der Waals surface area contributed by atoms with Crippen molar-refractivity contribution in [2.24, 2.45) is 0 Å². The van der Waals surface area contributed by atoms with Crippen LogP contribution < -0.4 is 4.90 Å². The van der Waals surface area contributed by atoms with Gasteiger partial charge >= 0.3 is 5.69 Å². The average Bonchev–Trinajstić information content (AvgIpc) is 2.73. The fourth-order valence-corrected chi connectivity index (χ4v) is 2.80. The first-order valence-electron chi connectivity index (χ1n) is 5.68. The van der Waals surface area contributed by atoms with Gasteiger partial charge in [-0.1, -0.05) is 0 Å². The number of aryl methyl sites for hydroxylation is 2. The SMILES string of the molecule is Cc1ncsc1CN(C)c1nc(Cl)nc(C)c1[N+](=O)[O-]. The molecule has 0 amide bonds. The molecule has 0 saturated heterocycles. The number of thiazole rings is 1. The molecular formula is C11H12ClN5O2S. The van der Waals surface area contributed by atoms with Crippen molar-refractivity contribution >= 4 is 34.4 Å². The van der Waals surface area contributed by atoms with Crippen LogP contribution in [0.2, 0.25) is 5.28 Å². The molecule has 9 heteroatoms. The van der Waals surface area contributed by atoms with Crippen LogP contribution in [0.5, 0.6) is 0 Å². The molecule has 0 radical (unpaired) electrons. The van der Waals surface area contributed by atoms with Gasteiger partial charge in [-0.15, -0.1) is 11.3 Å². The summed E-state index contributed by atoms with van der Waals surface area (Å²) in [6.45, 7) is 3.91. The van der Waals surface area contributed by atoms with E-state index >= 15 is 0 Å². The van der Waals surface area contributed by atoms with Crippen molar-refractivity contribution in [3.8, 4) is 0 Å². The summed E-state index contributed by atoms with van der Waals surface area (Å²) in [6, 6.07) is 0. The molecule has 0 unspecified atom stereocenters. The molecule has 0 atom stereocenters. The average molecular weight is 314 g/mol. The van der Waals surface area contributed by atoms with E-state index in [0.717, 1.165) is 10.6 Å². The zero-order valence-electron chi connectivity index (χ0n) is 11.1. The molecule has 0 bridgehead atoms. The summed E-state index contributed by atoms with van der Waals surface area (Å²) in [7, 11) is 1.73. The van der Waals surface area contributed by atoms with Gasteiger partial charge in [0.1, 0.15) is 5.69 Å². The van der Waals surface area contributed by atoms with E-state index in [-0.39, 0.29) is 22.5 Å². The van der Waals surface area contributed by atoms with Crippen molar-refractivity contribution in [2.45, 2.75) is 20.4 Å². The molecule has 0 aliphatic heterocycles. The van der Waals surface area contributed by atoms with E-state index < -0.39 is 4.92 Å². The summed E-state index contributed by atoms with van der Waals surface area (Å²) in [6.07, 6.45) is 0. The van der Waals surface area contributed by atoms with E-state index in [1.165, 1.54) is 11.3 Å². The smallest absolute Gasteiger partial charge is 0.332 e. The Balaban J connectivity index is 2.41. The Labute approximate surface area is 124 Å². The van der Waals surface area contributed by atoms with Crippen molar-refractivity contribution in [1.82, 2.24) is 15.0 Å². The minimum absolute atomic E-state index is 0.00373. The van der Waals surface area contributed by atoms with E-state index in [1.807, 2.05) is 6.92 Å². The van der Waals surface area contributed by atoms with Crippen LogP contribution >= 0.6 is 22.9 Å². The standard InChI is InChI=1S/C11H12ClN5O2S/c1-6-8(20-5-13-6)4-16(3)10-9(17(18)19)7(2)14-11(12)15-10/h5H,4H2,1-3H3. The Morgan fingerprint density at radius 2 is 2.10 bits per heavy atom. The van der Waals surface area contributed by atoms with Gasteiger partial charge in [0.15, 0.2) is 0 Å². The van der Waals surface area contributed by atoms with Gasteiger partial charge in [-0.05, 0) is 25.4 Å². The molecule has 0 spiro atoms. The summed E-state index contributed by atoms with van der Waals surface area (Å²) >= 11 is 7.30. The number of hydrogen-bond acceptors (Lipinski definition) is 7. The molecule has 2 aromatic heterocycles. The number of nitro groups is 1. The van der Waals surface area contributed by atoms with Crippen molar-refractivity contribution < 1.29 is 4.92 Å². The second-order valence-corrected chi connectivity index (χ2v) is 5.50. The Morgan fingerprint density at radius 1 is 1.40 bits per heavy atom. The first kappa shape index (κ1) is 14.6. The third-order valence-electron chi connectivity index (χ3n) is 2.78. The second-order valence-electron chi connectivity index (χ2n) is 4.22. The third-order valence-corrected chi connectivity index (χ3v) is 3.87. The molecule has 0 aromatic carbocycles. The van der Waals surface area contributed by atoms with Crippen LogP contribution in [0.4, 0.5) is 11.5 Å². The summed E-state index contributed by atoms with van der Waals surface area (Å²) in [5, 5.41) is 11.2. The zero-order valence-corrected chi connectivity index (χ0v) is 12.7. The molecule has 2 rings (SSSR count). The maximum absolute atomic E-state index is 11.2. The minimum atomic E-state index is -0.489. The number of nitrogens with zero attached hydrogens (tertiary/aromatic N) is 5. The number of rotatable bonds is 4. The van der Waals surface area contributed by atoms with E-state index in [1.54, 1.807) is 24.4 Å². The maximum atomic E-state index is 11.2. The van der Waals surface area contributed by atoms with Gasteiger partial charge in [-0.25, -0.2) is 9.97 Å². The van der Waals surface area contributed by atoms with Gasteiger partial charge in [0.05, 0.1) is 22.7 Å². The highest BCUT2D eigenvalue weighted by Crippen LogP contribution is 2.30. The van der Waals surface area contributed by atoms with Crippen LogP contribution in [-0.4, -0.2) is 26.9 Å². The lowest BCUT2D eigenvalue weighted by atomic mass is 10.3. The van der Waals surface area contributed by atoms with Gasteiger partial charge in [0.2, 0.25) is 11.1 Å². The van der Waals surface area contributed by atoms with Crippen LogP contribution in [0.3, 0.4) is 0 Å². The largest absolute Gasteiger partial charge is 0.349 e. The molecular weight excluding hydrogens is 302 g/mol. The fraction of sp³-hybridized carbons (Fsp3) is 0.364. The summed E-state index contributed by atoms with van der Waals surface area (Å²) in [5.41, 5.74) is 2.77. The zero-order chi connectivity index (χ0) is 14.9. The van der Waals surface area contributed by atoms with E-state index in [0.29, 0.717) is 6.54 Å². The molecule has 2 aromatic rings. The van der Waals surface area contributed by atoms with Crippen LogP contribution in [0.25, 0.3) is 0 Å². The van der Waals surface area contributed by atoms with Crippen LogP contribution in [-0.2, 0) is 6.54 Å². The first-order chi connectivity index (χ1) is 9.40. The normalized spacial score (nSPS) is 10.6. The lowest BCUT2D eigenvalue weighted by Crippen LogP contribution is -2.20. The molecule has 7 nitrogen and oxygen atoms in total. The van der Waals surface area contributed by atoms with E-state index in [2.05, 4.69) is 15.0 Å². The molecule has 0 N–H and O–H groups in total. The summed E-state index contributed by atoms with van der Waals surface area (Å²) < 4.78 is 0. The molecule has 2 heterocycles. The maximum Gasteiger partial charge on any atom is 0.332 e. The van der Waals surface area contributed by atoms with Gasteiger partial charge in [-0.2, -0.15) is 4.98 Å². The minimum Gasteiger partial charge on any atom is -0.349 e. The van der Waals surface area contributed by atoms with E-state index in [4.69, 9.17) is 11.6 Å². The molecule has 0 aliphatic carbocycles. The molecule has 20 heavy (non-hydrogen) atoms. The highest BCUT2D eigenvalue weighted by molar-refractivity contribution is 7.09. The molecule has 0 saturated carbocycles. The molecule has 0 aliphatic rings. The van der Waals surface area contributed by atoms with Gasteiger partial charge in [-0.3, -0.25) is 10.1 Å². The van der Waals surface area contributed by atoms with Crippen molar-refractivity contribution in [2.75, 3.05) is 11.9 Å². The Morgan fingerprint density at radius 3 is 2.65 bits per heavy atom. The fourth-order valence-electron chi connectivity index (χ4n) is 1.77. The highest BCUT2D eigenvalue weighted by Gasteiger charge is 2.25. The van der Waals surface area contributed by atoms with E-state index in [9.17, 15) is 10.1 Å². The lowest BCUT2D eigenvalue weighted by Gasteiger charge is -2.18. The topological polar surface area (TPSA) is 85.0 Å². The van der Waals surface area contributed by atoms with Gasteiger partial charge in [0.25, 0.3) is 0 Å². The third kappa shape index (κ3) is 2.86. The predicted octanol–water partition coefficient (Wildman–Crippen LogP) is 2.75. The Kier molecular flexibility index (Phi) is 4.15. The number of aromatic nitrogens is 3. The Bertz CT molecular complexity index is 660. The number of anilines is 1. The predicted molar refractivity (Wildman–Crippen MR) is 77.4 cm³/mol.